The van der Waals surface area contributed by atoms with Crippen molar-refractivity contribution >= 4 is 69.5 Å². The summed E-state index contributed by atoms with van der Waals surface area (Å²) >= 11 is 19.5. The molecule has 2 fully saturated rings. The standard InChI is InChI=1S/C30H26Cl2N2O5S2/c31-22-6-7-23(25(32)17-22)24-15-20(3-8-26(24)39-14-11-33-9-12-38-13-10-33)16-27-28(35)34(30(40)41-27)18-19-1-4-21(5-2-19)29(36)37/h1-8,15-17H,9-14,18H2,(H,36,37). The average Bonchev–Trinajstić information content (AvgIpc) is 3.22. The first kappa shape index (κ1) is 29.6. The second-order valence-corrected chi connectivity index (χ2v) is 12.0. The molecule has 3 aromatic carbocycles. The SMILES string of the molecule is O=C(O)c1ccc(CN2C(=O)C(=Cc3ccc(OCCN4CCOCC4)c(-c4ccc(Cl)cc4Cl)c3)SC2=S)cc1. The molecule has 7 nitrogen and oxygen atoms in total. The highest BCUT2D eigenvalue weighted by Crippen LogP contribution is 2.39. The predicted octanol–water partition coefficient (Wildman–Crippen LogP) is 6.47. The van der Waals surface area contributed by atoms with Gasteiger partial charge in [0.1, 0.15) is 16.7 Å². The third kappa shape index (κ3) is 7.30. The molecule has 1 N–H and O–H groups in total. The van der Waals surface area contributed by atoms with Gasteiger partial charge in [-0.05, 0) is 53.6 Å². The van der Waals surface area contributed by atoms with Gasteiger partial charge in [0.15, 0.2) is 0 Å². The number of carbonyl (C=O) groups excluding carboxylic acids is 1. The molecule has 3 aromatic rings. The molecule has 0 bridgehead atoms. The first-order valence-electron chi connectivity index (χ1n) is 12.9. The monoisotopic (exact) mass is 628 g/mol. The lowest BCUT2D eigenvalue weighted by molar-refractivity contribution is -0.122. The van der Waals surface area contributed by atoms with Gasteiger partial charge in [-0.3, -0.25) is 14.6 Å². The summed E-state index contributed by atoms with van der Waals surface area (Å²) in [5.41, 5.74) is 3.31. The summed E-state index contributed by atoms with van der Waals surface area (Å²) in [5, 5.41) is 10.2. The Kier molecular flexibility index (Phi) is 9.64. The van der Waals surface area contributed by atoms with Crippen LogP contribution in [0.15, 0.2) is 65.6 Å². The molecule has 2 saturated heterocycles. The molecule has 0 spiro atoms. The number of hydrogen-bond donors (Lipinski definition) is 1. The van der Waals surface area contributed by atoms with E-state index in [1.54, 1.807) is 30.3 Å². The molecular weight excluding hydrogens is 603 g/mol. The maximum absolute atomic E-state index is 13.3. The van der Waals surface area contributed by atoms with Crippen LogP contribution < -0.4 is 4.74 Å². The van der Waals surface area contributed by atoms with Crippen LogP contribution in [0, 0.1) is 0 Å². The van der Waals surface area contributed by atoms with E-state index >= 15 is 0 Å². The summed E-state index contributed by atoms with van der Waals surface area (Å²) in [7, 11) is 0. The number of halogens is 2. The van der Waals surface area contributed by atoms with Crippen LogP contribution in [-0.2, 0) is 16.1 Å². The lowest BCUT2D eigenvalue weighted by Crippen LogP contribution is -2.38. The molecular formula is C30H26Cl2N2O5S2. The van der Waals surface area contributed by atoms with Gasteiger partial charge < -0.3 is 14.6 Å². The first-order chi connectivity index (χ1) is 19.8. The van der Waals surface area contributed by atoms with E-state index in [1.807, 2.05) is 24.3 Å². The van der Waals surface area contributed by atoms with E-state index in [1.165, 1.54) is 28.8 Å². The van der Waals surface area contributed by atoms with Gasteiger partial charge in [-0.2, -0.15) is 0 Å². The van der Waals surface area contributed by atoms with E-state index < -0.39 is 5.97 Å². The molecule has 41 heavy (non-hydrogen) atoms. The van der Waals surface area contributed by atoms with Gasteiger partial charge in [-0.15, -0.1) is 0 Å². The Morgan fingerprint density at radius 1 is 1.05 bits per heavy atom. The van der Waals surface area contributed by atoms with E-state index in [-0.39, 0.29) is 18.0 Å². The topological polar surface area (TPSA) is 79.3 Å². The molecule has 0 radical (unpaired) electrons. The maximum Gasteiger partial charge on any atom is 0.335 e. The second-order valence-electron chi connectivity index (χ2n) is 9.45. The van der Waals surface area contributed by atoms with Crippen LogP contribution >= 0.6 is 47.2 Å². The van der Waals surface area contributed by atoms with E-state index in [4.69, 9.17) is 50.0 Å². The molecule has 1 amide bonds. The van der Waals surface area contributed by atoms with Crippen LogP contribution in [0.1, 0.15) is 21.5 Å². The molecule has 2 aliphatic rings. The summed E-state index contributed by atoms with van der Waals surface area (Å²) in [6.07, 6.45) is 1.80. The Bertz CT molecular complexity index is 1510. The van der Waals surface area contributed by atoms with Crippen LogP contribution in [-0.4, -0.2) is 70.6 Å². The van der Waals surface area contributed by atoms with Crippen molar-refractivity contribution in [3.8, 4) is 16.9 Å². The van der Waals surface area contributed by atoms with Crippen LogP contribution in [0.4, 0.5) is 0 Å². The highest BCUT2D eigenvalue weighted by atomic mass is 35.5. The van der Waals surface area contributed by atoms with Crippen molar-refractivity contribution in [2.75, 3.05) is 39.5 Å². The molecule has 0 aromatic heterocycles. The molecule has 0 saturated carbocycles. The number of rotatable bonds is 9. The van der Waals surface area contributed by atoms with Gasteiger partial charge in [0.2, 0.25) is 0 Å². The number of carboxylic acid groups (broad SMARTS) is 1. The first-order valence-corrected chi connectivity index (χ1v) is 14.9. The van der Waals surface area contributed by atoms with Crippen molar-refractivity contribution in [2.45, 2.75) is 6.54 Å². The fraction of sp³-hybridized carbons (Fsp3) is 0.233. The van der Waals surface area contributed by atoms with Crippen LogP contribution in [0.5, 0.6) is 5.75 Å². The van der Waals surface area contributed by atoms with Crippen molar-refractivity contribution < 1.29 is 24.2 Å². The molecule has 2 aliphatic heterocycles. The van der Waals surface area contributed by atoms with E-state index in [0.717, 1.165) is 55.1 Å². The van der Waals surface area contributed by atoms with Gasteiger partial charge in [-0.1, -0.05) is 71.4 Å². The molecule has 0 unspecified atom stereocenters. The molecule has 0 atom stereocenters. The normalized spacial score (nSPS) is 16.9. The largest absolute Gasteiger partial charge is 0.492 e. The Labute approximate surface area is 257 Å². The fourth-order valence-electron chi connectivity index (χ4n) is 4.51. The number of ether oxygens (including phenoxy) is 2. The summed E-state index contributed by atoms with van der Waals surface area (Å²) in [4.78, 5) is 28.7. The number of thioether (sulfide) groups is 1. The second kappa shape index (κ2) is 13.4. The summed E-state index contributed by atoms with van der Waals surface area (Å²) in [6.45, 7) is 4.74. The summed E-state index contributed by atoms with van der Waals surface area (Å²) in [6, 6.07) is 17.4. The number of carboxylic acids is 1. The van der Waals surface area contributed by atoms with Gasteiger partial charge in [0.05, 0.1) is 35.2 Å². The van der Waals surface area contributed by atoms with Gasteiger partial charge >= 0.3 is 5.97 Å². The number of carbonyl (C=O) groups is 2. The highest BCUT2D eigenvalue weighted by molar-refractivity contribution is 8.26. The Hall–Kier alpha value is -2.92. The number of benzene rings is 3. The van der Waals surface area contributed by atoms with Crippen LogP contribution in [0.3, 0.4) is 0 Å². The summed E-state index contributed by atoms with van der Waals surface area (Å²) in [5.74, 6) is -0.533. The third-order valence-corrected chi connectivity index (χ3v) is 8.63. The predicted molar refractivity (Wildman–Crippen MR) is 167 cm³/mol. The number of aromatic carboxylic acids is 1. The number of morpholine rings is 1. The van der Waals surface area contributed by atoms with Crippen molar-refractivity contribution in [3.05, 3.63) is 92.3 Å². The Morgan fingerprint density at radius 3 is 2.51 bits per heavy atom. The highest BCUT2D eigenvalue weighted by Gasteiger charge is 2.32. The Balaban J connectivity index is 1.37. The smallest absolute Gasteiger partial charge is 0.335 e. The molecule has 2 heterocycles. The Morgan fingerprint density at radius 2 is 1.80 bits per heavy atom. The van der Waals surface area contributed by atoms with Crippen LogP contribution in [0.2, 0.25) is 10.0 Å². The minimum absolute atomic E-state index is 0.184. The number of thiocarbonyl (C=S) groups is 1. The van der Waals surface area contributed by atoms with Gasteiger partial charge in [-0.25, -0.2) is 4.79 Å². The molecule has 11 heteroatoms. The quantitative estimate of drug-likeness (QED) is 0.213. The third-order valence-electron chi connectivity index (χ3n) is 6.71. The van der Waals surface area contributed by atoms with Crippen molar-refractivity contribution in [3.63, 3.8) is 0 Å². The van der Waals surface area contributed by atoms with E-state index in [2.05, 4.69) is 4.90 Å². The minimum Gasteiger partial charge on any atom is -0.492 e. The maximum atomic E-state index is 13.3. The lowest BCUT2D eigenvalue weighted by Gasteiger charge is -2.26. The van der Waals surface area contributed by atoms with E-state index in [9.17, 15) is 9.59 Å². The lowest BCUT2D eigenvalue weighted by atomic mass is 10.0. The average molecular weight is 630 g/mol. The number of nitrogens with zero attached hydrogens (tertiary/aromatic N) is 2. The summed E-state index contributed by atoms with van der Waals surface area (Å²) < 4.78 is 12.1. The van der Waals surface area contributed by atoms with E-state index in [0.29, 0.717) is 31.6 Å². The molecule has 5 rings (SSSR count). The van der Waals surface area contributed by atoms with Crippen molar-refractivity contribution in [2.24, 2.45) is 0 Å². The number of amides is 1. The fourth-order valence-corrected chi connectivity index (χ4v) is 6.28. The van der Waals surface area contributed by atoms with Gasteiger partial charge in [0, 0.05) is 35.8 Å². The van der Waals surface area contributed by atoms with Crippen molar-refractivity contribution in [1.29, 1.82) is 0 Å². The zero-order valence-corrected chi connectivity index (χ0v) is 25.0. The zero-order chi connectivity index (χ0) is 28.9. The molecule has 212 valence electrons. The van der Waals surface area contributed by atoms with Crippen molar-refractivity contribution in [1.82, 2.24) is 9.80 Å². The molecule has 0 aliphatic carbocycles. The minimum atomic E-state index is -1.00. The van der Waals surface area contributed by atoms with Crippen LogP contribution in [0.25, 0.3) is 17.2 Å². The number of hydrogen-bond acceptors (Lipinski definition) is 7. The van der Waals surface area contributed by atoms with Gasteiger partial charge in [0.25, 0.3) is 5.91 Å². The zero-order valence-electron chi connectivity index (χ0n) is 21.8.